The van der Waals surface area contributed by atoms with Crippen LogP contribution in [0.1, 0.15) is 24.3 Å². The molecule has 1 aromatic heterocycles. The molecule has 9 heteroatoms. The van der Waals surface area contributed by atoms with Crippen molar-refractivity contribution < 1.29 is 22.4 Å². The predicted molar refractivity (Wildman–Crippen MR) is 79.5 cm³/mol. The van der Waals surface area contributed by atoms with E-state index in [1.165, 1.54) is 12.1 Å². The lowest BCUT2D eigenvalue weighted by Crippen LogP contribution is -2.28. The van der Waals surface area contributed by atoms with Crippen LogP contribution in [0.4, 0.5) is 19.1 Å². The van der Waals surface area contributed by atoms with Gasteiger partial charge in [-0.05, 0) is 35.7 Å². The topological polar surface area (TPSA) is 63.4 Å². The number of anilines is 1. The van der Waals surface area contributed by atoms with Crippen LogP contribution in [0.5, 0.6) is 5.75 Å². The number of halogens is 3. The lowest BCUT2D eigenvalue weighted by atomic mass is 10.0. The van der Waals surface area contributed by atoms with Gasteiger partial charge in [0.15, 0.2) is 0 Å². The van der Waals surface area contributed by atoms with E-state index < -0.39 is 6.36 Å². The van der Waals surface area contributed by atoms with Crippen LogP contribution in [0.3, 0.4) is 0 Å². The summed E-state index contributed by atoms with van der Waals surface area (Å²) < 4.78 is 45.6. The van der Waals surface area contributed by atoms with Gasteiger partial charge in [-0.3, -0.25) is 5.32 Å². The van der Waals surface area contributed by atoms with Gasteiger partial charge in [0.2, 0.25) is 5.89 Å². The van der Waals surface area contributed by atoms with Gasteiger partial charge >= 0.3 is 6.36 Å². The number of hydrogen-bond donors (Lipinski definition) is 1. The molecule has 0 amide bonds. The van der Waals surface area contributed by atoms with E-state index >= 15 is 0 Å². The molecule has 6 nitrogen and oxygen atoms in total. The van der Waals surface area contributed by atoms with E-state index in [1.807, 2.05) is 14.1 Å². The van der Waals surface area contributed by atoms with Gasteiger partial charge in [0.25, 0.3) is 5.95 Å². The minimum absolute atomic E-state index is 0.227. The molecule has 1 heterocycles. The predicted octanol–water partition coefficient (Wildman–Crippen LogP) is 2.81. The molecule has 0 radical (unpaired) electrons. The van der Waals surface area contributed by atoms with Crippen molar-refractivity contribution >= 4 is 5.95 Å². The monoisotopic (exact) mass is 342 g/mol. The van der Waals surface area contributed by atoms with E-state index in [0.29, 0.717) is 18.4 Å². The van der Waals surface area contributed by atoms with Crippen molar-refractivity contribution in [2.75, 3.05) is 19.0 Å². The maximum atomic E-state index is 12.2. The lowest BCUT2D eigenvalue weighted by molar-refractivity contribution is -0.274. The standard InChI is InChI=1S/C15H17F3N4O2/c1-22(2)13-20-12(24-21-13)9-19-14(7-8-14)10-3-5-11(6-4-10)23-15(16,17)18/h3-6,19H,7-9H2,1-2H3. The van der Waals surface area contributed by atoms with Gasteiger partial charge in [-0.25, -0.2) is 0 Å². The van der Waals surface area contributed by atoms with Gasteiger partial charge in [-0.1, -0.05) is 12.1 Å². The normalized spacial score (nSPS) is 16.0. The van der Waals surface area contributed by atoms with Gasteiger partial charge in [0.05, 0.1) is 6.54 Å². The lowest BCUT2D eigenvalue weighted by Gasteiger charge is -2.17. The minimum atomic E-state index is -4.68. The summed E-state index contributed by atoms with van der Waals surface area (Å²) in [5.41, 5.74) is 0.646. The molecule has 0 atom stereocenters. The SMILES string of the molecule is CN(C)c1noc(CNC2(c3ccc(OC(F)(F)F)cc3)CC2)n1. The average molecular weight is 342 g/mol. The van der Waals surface area contributed by atoms with Crippen molar-refractivity contribution in [2.24, 2.45) is 0 Å². The quantitative estimate of drug-likeness (QED) is 0.871. The Kier molecular flexibility index (Phi) is 4.12. The molecule has 130 valence electrons. The molecule has 1 saturated carbocycles. The van der Waals surface area contributed by atoms with Gasteiger partial charge in [-0.15, -0.1) is 13.2 Å². The molecular formula is C15H17F3N4O2. The maximum Gasteiger partial charge on any atom is 0.573 e. The zero-order chi connectivity index (χ0) is 17.4. The zero-order valence-corrected chi connectivity index (χ0v) is 13.2. The average Bonchev–Trinajstić information content (AvgIpc) is 3.13. The molecule has 1 fully saturated rings. The summed E-state index contributed by atoms with van der Waals surface area (Å²) in [5.74, 6) is 0.724. The highest BCUT2D eigenvalue weighted by molar-refractivity contribution is 5.35. The number of rotatable bonds is 6. The molecule has 1 aliphatic rings. The minimum Gasteiger partial charge on any atom is -0.406 e. The highest BCUT2D eigenvalue weighted by atomic mass is 19.4. The molecule has 1 aromatic carbocycles. The van der Waals surface area contributed by atoms with Crippen LogP contribution in [-0.4, -0.2) is 30.6 Å². The molecule has 0 saturated heterocycles. The Morgan fingerprint density at radius 1 is 1.25 bits per heavy atom. The van der Waals surface area contributed by atoms with Gasteiger partial charge < -0.3 is 14.2 Å². The van der Waals surface area contributed by atoms with Gasteiger partial charge in [0.1, 0.15) is 5.75 Å². The van der Waals surface area contributed by atoms with E-state index in [4.69, 9.17) is 4.52 Å². The number of nitrogens with zero attached hydrogens (tertiary/aromatic N) is 3. The zero-order valence-electron chi connectivity index (χ0n) is 13.2. The molecule has 1 aliphatic carbocycles. The van der Waals surface area contributed by atoms with Crippen LogP contribution >= 0.6 is 0 Å². The first-order valence-electron chi connectivity index (χ1n) is 7.39. The first-order chi connectivity index (χ1) is 11.3. The first kappa shape index (κ1) is 16.6. The molecule has 0 bridgehead atoms. The van der Waals surface area contributed by atoms with Crippen LogP contribution in [-0.2, 0) is 12.1 Å². The summed E-state index contributed by atoms with van der Waals surface area (Å²) in [7, 11) is 3.63. The fraction of sp³-hybridized carbons (Fsp3) is 0.467. The van der Waals surface area contributed by atoms with Crippen molar-refractivity contribution in [3.8, 4) is 5.75 Å². The second-order valence-electron chi connectivity index (χ2n) is 5.89. The van der Waals surface area contributed by atoms with Gasteiger partial charge in [0, 0.05) is 19.6 Å². The molecule has 24 heavy (non-hydrogen) atoms. The van der Waals surface area contributed by atoms with Crippen molar-refractivity contribution in [3.63, 3.8) is 0 Å². The number of ether oxygens (including phenoxy) is 1. The summed E-state index contributed by atoms with van der Waals surface area (Å²) >= 11 is 0. The molecule has 3 rings (SSSR count). The second-order valence-corrected chi connectivity index (χ2v) is 5.89. The van der Waals surface area contributed by atoms with Crippen molar-refractivity contribution in [1.82, 2.24) is 15.5 Å². The van der Waals surface area contributed by atoms with E-state index in [1.54, 1.807) is 17.0 Å². The highest BCUT2D eigenvalue weighted by Crippen LogP contribution is 2.46. The first-order valence-corrected chi connectivity index (χ1v) is 7.39. The molecule has 2 aromatic rings. The highest BCUT2D eigenvalue weighted by Gasteiger charge is 2.44. The molecule has 0 unspecified atom stereocenters. The maximum absolute atomic E-state index is 12.2. The second kappa shape index (κ2) is 5.97. The fourth-order valence-corrected chi connectivity index (χ4v) is 2.41. The van der Waals surface area contributed by atoms with Crippen LogP contribution in [0, 0.1) is 0 Å². The smallest absolute Gasteiger partial charge is 0.406 e. The summed E-state index contributed by atoms with van der Waals surface area (Å²) in [6, 6.07) is 5.92. The molecule has 0 spiro atoms. The Labute approximate surface area is 136 Å². The van der Waals surface area contributed by atoms with Crippen molar-refractivity contribution in [2.45, 2.75) is 31.3 Å². The number of aromatic nitrogens is 2. The van der Waals surface area contributed by atoms with Crippen LogP contribution in [0.25, 0.3) is 0 Å². The summed E-state index contributed by atoms with van der Waals surface area (Å²) in [6.07, 6.45) is -2.90. The third-order valence-corrected chi connectivity index (χ3v) is 3.83. The Balaban J connectivity index is 1.63. The van der Waals surface area contributed by atoms with Crippen LogP contribution in [0.2, 0.25) is 0 Å². The third kappa shape index (κ3) is 3.78. The van der Waals surface area contributed by atoms with E-state index in [0.717, 1.165) is 18.4 Å². The van der Waals surface area contributed by atoms with Gasteiger partial charge in [-0.2, -0.15) is 4.98 Å². The fourth-order valence-electron chi connectivity index (χ4n) is 2.41. The molecular weight excluding hydrogens is 325 g/mol. The summed E-state index contributed by atoms with van der Waals surface area (Å²) in [6.45, 7) is 0.391. The number of nitrogens with one attached hydrogen (secondary N) is 1. The third-order valence-electron chi connectivity index (χ3n) is 3.83. The number of hydrogen-bond acceptors (Lipinski definition) is 6. The van der Waals surface area contributed by atoms with Crippen molar-refractivity contribution in [3.05, 3.63) is 35.7 Å². The Morgan fingerprint density at radius 3 is 2.42 bits per heavy atom. The molecule has 0 aliphatic heterocycles. The Hall–Kier alpha value is -2.29. The van der Waals surface area contributed by atoms with Crippen molar-refractivity contribution in [1.29, 1.82) is 0 Å². The summed E-state index contributed by atoms with van der Waals surface area (Å²) in [5, 5.41) is 7.18. The van der Waals surface area contributed by atoms with Crippen LogP contribution < -0.4 is 15.0 Å². The molecule has 1 N–H and O–H groups in total. The summed E-state index contributed by atoms with van der Waals surface area (Å²) in [4.78, 5) is 5.96. The number of benzene rings is 1. The van der Waals surface area contributed by atoms with E-state index in [-0.39, 0.29) is 11.3 Å². The van der Waals surface area contributed by atoms with Crippen LogP contribution in [0.15, 0.2) is 28.8 Å². The largest absolute Gasteiger partial charge is 0.573 e. The number of alkyl halides is 3. The van der Waals surface area contributed by atoms with E-state index in [9.17, 15) is 13.2 Å². The Morgan fingerprint density at radius 2 is 1.92 bits per heavy atom. The van der Waals surface area contributed by atoms with E-state index in [2.05, 4.69) is 20.2 Å². The Bertz CT molecular complexity index is 693.